The van der Waals surface area contributed by atoms with Crippen LogP contribution in [0.25, 0.3) is 0 Å². The summed E-state index contributed by atoms with van der Waals surface area (Å²) < 4.78 is 2.58. The van der Waals surface area contributed by atoms with Crippen molar-refractivity contribution >= 4 is 5.69 Å². The third-order valence-corrected chi connectivity index (χ3v) is 2.82. The van der Waals surface area contributed by atoms with Crippen molar-refractivity contribution in [3.05, 3.63) is 27.0 Å². The quantitative estimate of drug-likeness (QED) is 0.757. The molecule has 0 aromatic carbocycles. The molecule has 0 saturated heterocycles. The summed E-state index contributed by atoms with van der Waals surface area (Å²) in [6.45, 7) is 0.487. The van der Waals surface area contributed by atoms with Crippen LogP contribution >= 0.6 is 0 Å². The van der Waals surface area contributed by atoms with Gasteiger partial charge in [0, 0.05) is 19.8 Å². The fraction of sp³-hybridized carbons (Fsp3) is 0.600. The van der Waals surface area contributed by atoms with E-state index in [2.05, 4.69) is 0 Å². The van der Waals surface area contributed by atoms with Crippen LogP contribution in [0.2, 0.25) is 0 Å². The molecule has 0 spiro atoms. The molecule has 0 aliphatic heterocycles. The highest BCUT2D eigenvalue weighted by molar-refractivity contribution is 5.30. The van der Waals surface area contributed by atoms with Crippen LogP contribution in [0.3, 0.4) is 0 Å². The summed E-state index contributed by atoms with van der Waals surface area (Å²) in [5, 5.41) is 0. The third kappa shape index (κ3) is 1.95. The van der Waals surface area contributed by atoms with Gasteiger partial charge >= 0.3 is 5.69 Å². The molecule has 1 aliphatic rings. The van der Waals surface area contributed by atoms with Gasteiger partial charge in [-0.2, -0.15) is 0 Å². The Hall–Kier alpha value is -1.52. The van der Waals surface area contributed by atoms with Crippen LogP contribution in [0.15, 0.2) is 15.8 Å². The fourth-order valence-electron chi connectivity index (χ4n) is 1.67. The molecule has 15 heavy (non-hydrogen) atoms. The van der Waals surface area contributed by atoms with Gasteiger partial charge in [0.05, 0.1) is 0 Å². The Kier molecular flexibility index (Phi) is 2.38. The second-order valence-electron chi connectivity index (χ2n) is 4.17. The lowest BCUT2D eigenvalue weighted by atomic mass is 10.3. The predicted molar refractivity (Wildman–Crippen MR) is 57.7 cm³/mol. The van der Waals surface area contributed by atoms with Gasteiger partial charge in [-0.25, -0.2) is 4.79 Å². The molecule has 1 aromatic heterocycles. The van der Waals surface area contributed by atoms with Crippen molar-refractivity contribution in [1.29, 1.82) is 0 Å². The Bertz CT molecular complexity index is 448. The molecule has 0 bridgehead atoms. The number of nitrogens with two attached hydrogens (primary N) is 1. The first-order valence-electron chi connectivity index (χ1n) is 5.15. The number of aromatic nitrogens is 2. The molecule has 5 heteroatoms. The maximum absolute atomic E-state index is 11.6. The summed E-state index contributed by atoms with van der Waals surface area (Å²) >= 11 is 0. The third-order valence-electron chi connectivity index (χ3n) is 2.82. The van der Waals surface area contributed by atoms with E-state index < -0.39 is 0 Å². The molecule has 82 valence electrons. The molecule has 0 unspecified atom stereocenters. The summed E-state index contributed by atoms with van der Waals surface area (Å²) in [6.07, 6.45) is 4.71. The van der Waals surface area contributed by atoms with Crippen molar-refractivity contribution in [1.82, 2.24) is 9.13 Å². The number of nitrogens with zero attached hydrogens (tertiary/aromatic N) is 2. The van der Waals surface area contributed by atoms with E-state index in [1.807, 2.05) is 0 Å². The topological polar surface area (TPSA) is 70.0 Å². The lowest BCUT2D eigenvalue weighted by molar-refractivity contribution is 0.538. The molecule has 5 nitrogen and oxygen atoms in total. The van der Waals surface area contributed by atoms with Gasteiger partial charge in [0.2, 0.25) is 0 Å². The van der Waals surface area contributed by atoms with E-state index in [1.54, 1.807) is 7.05 Å². The van der Waals surface area contributed by atoms with Crippen LogP contribution < -0.4 is 17.0 Å². The highest BCUT2D eigenvalue weighted by atomic mass is 16.2. The molecule has 2 N–H and O–H groups in total. The SMILES string of the molecule is Cn1cc(N)c(=O)n(CCC2CC2)c1=O. The van der Waals surface area contributed by atoms with E-state index in [0.29, 0.717) is 12.5 Å². The van der Waals surface area contributed by atoms with Gasteiger partial charge in [-0.1, -0.05) is 12.8 Å². The van der Waals surface area contributed by atoms with Crippen LogP contribution in [-0.2, 0) is 13.6 Å². The predicted octanol–water partition coefficient (Wildman–Crippen LogP) is -0.0707. The van der Waals surface area contributed by atoms with Gasteiger partial charge < -0.3 is 10.3 Å². The van der Waals surface area contributed by atoms with Crippen molar-refractivity contribution in [3.8, 4) is 0 Å². The largest absolute Gasteiger partial charge is 0.393 e. The van der Waals surface area contributed by atoms with Crippen molar-refractivity contribution < 1.29 is 0 Å². The molecular formula is C10H15N3O2. The molecular weight excluding hydrogens is 194 g/mol. The van der Waals surface area contributed by atoms with E-state index in [9.17, 15) is 9.59 Å². The minimum atomic E-state index is -0.362. The average Bonchev–Trinajstić information content (AvgIpc) is 2.99. The summed E-state index contributed by atoms with van der Waals surface area (Å²) in [5.41, 5.74) is 5.01. The minimum absolute atomic E-state index is 0.132. The lowest BCUT2D eigenvalue weighted by Gasteiger charge is -2.07. The van der Waals surface area contributed by atoms with Crippen LogP contribution in [0.1, 0.15) is 19.3 Å². The molecule has 1 saturated carbocycles. The molecule has 1 aromatic rings. The van der Waals surface area contributed by atoms with Crippen LogP contribution in [0.5, 0.6) is 0 Å². The monoisotopic (exact) mass is 209 g/mol. The van der Waals surface area contributed by atoms with Crippen molar-refractivity contribution in [2.45, 2.75) is 25.8 Å². The summed E-state index contributed by atoms with van der Waals surface area (Å²) in [5.74, 6) is 0.697. The van der Waals surface area contributed by atoms with Crippen LogP contribution in [0, 0.1) is 5.92 Å². The van der Waals surface area contributed by atoms with Crippen molar-refractivity contribution in [3.63, 3.8) is 0 Å². The number of anilines is 1. The minimum Gasteiger partial charge on any atom is -0.393 e. The Balaban J connectivity index is 2.34. The lowest BCUT2D eigenvalue weighted by Crippen LogP contribution is -2.39. The van der Waals surface area contributed by atoms with Gasteiger partial charge in [0.25, 0.3) is 5.56 Å². The highest BCUT2D eigenvalue weighted by Crippen LogP contribution is 2.32. The van der Waals surface area contributed by atoms with Gasteiger partial charge in [0.1, 0.15) is 5.69 Å². The average molecular weight is 209 g/mol. The Labute approximate surface area is 87.1 Å². The first-order chi connectivity index (χ1) is 7.09. The summed E-state index contributed by atoms with van der Waals surface area (Å²) in [4.78, 5) is 23.2. The first-order valence-corrected chi connectivity index (χ1v) is 5.15. The Morgan fingerprint density at radius 2 is 2.13 bits per heavy atom. The smallest absolute Gasteiger partial charge is 0.330 e. The molecule has 0 radical (unpaired) electrons. The second kappa shape index (κ2) is 3.56. The van der Waals surface area contributed by atoms with Gasteiger partial charge in [-0.05, 0) is 12.3 Å². The summed E-state index contributed by atoms with van der Waals surface area (Å²) in [6, 6.07) is 0. The van der Waals surface area contributed by atoms with Gasteiger partial charge in [-0.15, -0.1) is 0 Å². The first kappa shape index (κ1) is 10.0. The molecule has 1 aliphatic carbocycles. The number of hydrogen-bond donors (Lipinski definition) is 1. The number of aryl methyl sites for hydroxylation is 1. The Morgan fingerprint density at radius 3 is 2.73 bits per heavy atom. The van der Waals surface area contributed by atoms with Crippen LogP contribution in [0.4, 0.5) is 5.69 Å². The zero-order chi connectivity index (χ0) is 11.0. The molecule has 1 fully saturated rings. The maximum Gasteiger partial charge on any atom is 0.330 e. The van der Waals surface area contributed by atoms with E-state index in [1.165, 1.54) is 28.2 Å². The van der Waals surface area contributed by atoms with E-state index in [4.69, 9.17) is 5.73 Å². The van der Waals surface area contributed by atoms with E-state index >= 15 is 0 Å². The van der Waals surface area contributed by atoms with Gasteiger partial charge in [0.15, 0.2) is 0 Å². The molecule has 2 rings (SSSR count). The maximum atomic E-state index is 11.6. The zero-order valence-corrected chi connectivity index (χ0v) is 8.77. The zero-order valence-electron chi connectivity index (χ0n) is 8.77. The molecule has 0 atom stereocenters. The number of nitrogen functional groups attached to an aromatic ring is 1. The normalized spacial score (nSPS) is 15.5. The van der Waals surface area contributed by atoms with Crippen molar-refractivity contribution in [2.24, 2.45) is 13.0 Å². The van der Waals surface area contributed by atoms with Gasteiger partial charge in [-0.3, -0.25) is 9.36 Å². The highest BCUT2D eigenvalue weighted by Gasteiger charge is 2.21. The molecule has 0 amide bonds. The number of hydrogen-bond acceptors (Lipinski definition) is 3. The summed E-state index contributed by atoms with van der Waals surface area (Å²) in [7, 11) is 1.60. The molecule has 1 heterocycles. The second-order valence-corrected chi connectivity index (χ2v) is 4.17. The van der Waals surface area contributed by atoms with E-state index in [0.717, 1.165) is 6.42 Å². The Morgan fingerprint density at radius 1 is 1.47 bits per heavy atom. The van der Waals surface area contributed by atoms with E-state index in [-0.39, 0.29) is 16.9 Å². The fourth-order valence-corrected chi connectivity index (χ4v) is 1.67. The van der Waals surface area contributed by atoms with Crippen LogP contribution in [-0.4, -0.2) is 9.13 Å². The number of rotatable bonds is 3. The standard InChI is InChI=1S/C10H15N3O2/c1-12-6-8(11)9(14)13(10(12)15)5-4-7-2-3-7/h6-7H,2-5,11H2,1H3. The van der Waals surface area contributed by atoms with Crippen molar-refractivity contribution in [2.75, 3.05) is 5.73 Å².